The fourth-order valence-electron chi connectivity index (χ4n) is 6.29. The molecule has 248 valence electrons. The van der Waals surface area contributed by atoms with Gasteiger partial charge >= 0.3 is 17.8 Å². The Balaban J connectivity index is 1.41. The van der Waals surface area contributed by atoms with Gasteiger partial charge in [-0.1, -0.05) is 32.8 Å². The Kier molecular flexibility index (Phi) is 8.72. The first-order valence-corrected chi connectivity index (χ1v) is 15.0. The SMILES string of the molecule is C#C[C@]1(CC)O[C@@H](n2cnc3c(=N)n(Cc4oc(=O)oc4C)c(F)nc32)C[C@@H]1OC(=O)CC(C)(C)c1c(C)cc(C)cc1OC(C)=O. The largest absolute Gasteiger partial charge is 0.519 e. The van der Waals surface area contributed by atoms with E-state index in [1.807, 2.05) is 33.8 Å². The van der Waals surface area contributed by atoms with Gasteiger partial charge in [-0.25, -0.2) is 9.78 Å². The zero-order valence-corrected chi connectivity index (χ0v) is 27.2. The summed E-state index contributed by atoms with van der Waals surface area (Å²) in [5.41, 5.74) is 0.132. The molecule has 47 heavy (non-hydrogen) atoms. The smallest absolute Gasteiger partial charge is 0.458 e. The number of esters is 2. The Hall–Kier alpha value is -5.03. The summed E-state index contributed by atoms with van der Waals surface area (Å²) in [5, 5.41) is 8.59. The van der Waals surface area contributed by atoms with Gasteiger partial charge in [-0.2, -0.15) is 9.37 Å². The minimum absolute atomic E-state index is 0.0158. The number of carbonyl (C=O) groups is 2. The van der Waals surface area contributed by atoms with E-state index in [9.17, 15) is 14.4 Å². The van der Waals surface area contributed by atoms with Crippen molar-refractivity contribution in [3.8, 4) is 18.1 Å². The summed E-state index contributed by atoms with van der Waals surface area (Å²) in [7, 11) is 0. The number of hydrogen-bond acceptors (Lipinski definition) is 11. The van der Waals surface area contributed by atoms with E-state index in [1.165, 1.54) is 24.7 Å². The molecular weight excluding hydrogens is 613 g/mol. The first-order chi connectivity index (χ1) is 22.1. The molecule has 1 N–H and O–H groups in total. The number of rotatable bonds is 9. The number of nitrogens with zero attached hydrogens (tertiary/aromatic N) is 4. The quantitative estimate of drug-likeness (QED) is 0.120. The number of carbonyl (C=O) groups excluding carboxylic acids is 2. The monoisotopic (exact) mass is 649 g/mol. The number of aryl methyl sites for hydroxylation is 3. The predicted molar refractivity (Wildman–Crippen MR) is 164 cm³/mol. The van der Waals surface area contributed by atoms with E-state index in [-0.39, 0.29) is 47.6 Å². The standard InChI is InChI=1S/C33H36FN5O8/c1-9-33(10-2)23(46-25(41)14-32(7,8)26-18(4)11-17(3)12-21(26)44-20(6)40)13-24(47-33)39-16-36-27-28(35)38(30(34)37-29(27)39)15-22-19(5)43-31(42)45-22/h1,11-12,16,23-24,35H,10,13-15H2,2-8H3/t23-,24+,33+/m0/s1. The average Bonchev–Trinajstić information content (AvgIpc) is 3.64. The summed E-state index contributed by atoms with van der Waals surface area (Å²) in [5.74, 6) is 1.29. The van der Waals surface area contributed by atoms with Crippen LogP contribution in [-0.4, -0.2) is 42.7 Å². The van der Waals surface area contributed by atoms with Gasteiger partial charge in [0.15, 0.2) is 28.0 Å². The third-order valence-electron chi connectivity index (χ3n) is 8.42. The number of imidazole rings is 1. The normalized spacial score (nSPS) is 19.6. The summed E-state index contributed by atoms with van der Waals surface area (Å²) in [4.78, 5) is 45.1. The molecule has 1 saturated heterocycles. The van der Waals surface area contributed by atoms with Crippen LogP contribution in [0, 0.1) is 44.6 Å². The highest BCUT2D eigenvalue weighted by Gasteiger charge is 2.50. The van der Waals surface area contributed by atoms with Crippen LogP contribution >= 0.6 is 0 Å². The van der Waals surface area contributed by atoms with Gasteiger partial charge in [-0.15, -0.1) is 6.42 Å². The summed E-state index contributed by atoms with van der Waals surface area (Å²) >= 11 is 0. The number of nitrogens with one attached hydrogen (secondary N) is 1. The fraction of sp³-hybridized carbons (Fsp3) is 0.455. The van der Waals surface area contributed by atoms with Gasteiger partial charge in [0.1, 0.15) is 23.8 Å². The zero-order chi connectivity index (χ0) is 34.4. The highest BCUT2D eigenvalue weighted by atomic mass is 19.1. The number of benzene rings is 1. The van der Waals surface area contributed by atoms with E-state index in [4.69, 9.17) is 34.9 Å². The van der Waals surface area contributed by atoms with Crippen molar-refractivity contribution in [3.63, 3.8) is 0 Å². The lowest BCUT2D eigenvalue weighted by atomic mass is 9.78. The molecule has 0 unspecified atom stereocenters. The first kappa shape index (κ1) is 33.3. The van der Waals surface area contributed by atoms with Crippen LogP contribution in [0.15, 0.2) is 32.1 Å². The summed E-state index contributed by atoms with van der Waals surface area (Å²) in [6, 6.07) is 3.72. The van der Waals surface area contributed by atoms with Crippen molar-refractivity contribution in [2.75, 3.05) is 0 Å². The maximum absolute atomic E-state index is 15.3. The number of hydrogen-bond donors (Lipinski definition) is 1. The van der Waals surface area contributed by atoms with E-state index in [0.717, 1.165) is 15.7 Å². The maximum atomic E-state index is 15.3. The van der Waals surface area contributed by atoms with Crippen LogP contribution in [0.1, 0.15) is 81.4 Å². The van der Waals surface area contributed by atoms with Crippen LogP contribution in [0.4, 0.5) is 4.39 Å². The lowest BCUT2D eigenvalue weighted by Gasteiger charge is -2.31. The van der Waals surface area contributed by atoms with Crippen LogP contribution in [-0.2, 0) is 31.0 Å². The minimum Gasteiger partial charge on any atom is -0.458 e. The van der Waals surface area contributed by atoms with Crippen molar-refractivity contribution in [1.29, 1.82) is 5.41 Å². The molecule has 13 nitrogen and oxygen atoms in total. The van der Waals surface area contributed by atoms with Gasteiger partial charge in [0.05, 0.1) is 19.3 Å². The van der Waals surface area contributed by atoms with Gasteiger partial charge in [-0.3, -0.25) is 24.1 Å². The number of aromatic nitrogens is 4. The second-order valence-corrected chi connectivity index (χ2v) is 12.4. The Morgan fingerprint density at radius 3 is 2.60 bits per heavy atom. The van der Waals surface area contributed by atoms with Gasteiger partial charge in [-0.05, 0) is 44.4 Å². The molecule has 0 saturated carbocycles. The highest BCUT2D eigenvalue weighted by molar-refractivity contribution is 5.74. The van der Waals surface area contributed by atoms with Crippen LogP contribution in [0.25, 0.3) is 11.2 Å². The second kappa shape index (κ2) is 12.3. The van der Waals surface area contributed by atoms with Crippen LogP contribution in [0.3, 0.4) is 0 Å². The summed E-state index contributed by atoms with van der Waals surface area (Å²) in [6.45, 7) is 11.8. The third-order valence-corrected chi connectivity index (χ3v) is 8.42. The van der Waals surface area contributed by atoms with E-state index in [1.54, 1.807) is 13.0 Å². The number of halogens is 1. The van der Waals surface area contributed by atoms with E-state index in [2.05, 4.69) is 15.9 Å². The molecule has 1 aromatic carbocycles. The van der Waals surface area contributed by atoms with Gasteiger partial charge in [0.2, 0.25) is 0 Å². The van der Waals surface area contributed by atoms with Crippen LogP contribution in [0.5, 0.6) is 5.75 Å². The first-order valence-electron chi connectivity index (χ1n) is 15.0. The highest BCUT2D eigenvalue weighted by Crippen LogP contribution is 2.43. The van der Waals surface area contributed by atoms with Crippen molar-refractivity contribution in [3.05, 3.63) is 68.9 Å². The topological polar surface area (TPSA) is 165 Å². The molecule has 1 aliphatic rings. The van der Waals surface area contributed by atoms with Crippen molar-refractivity contribution >= 4 is 23.1 Å². The van der Waals surface area contributed by atoms with E-state index in [0.29, 0.717) is 17.7 Å². The molecular formula is C33H36FN5O8. The minimum atomic E-state index is -1.31. The lowest BCUT2D eigenvalue weighted by Crippen LogP contribution is -2.41. The van der Waals surface area contributed by atoms with E-state index >= 15 is 4.39 Å². The molecule has 3 aromatic heterocycles. The molecule has 4 aromatic rings. The number of fused-ring (bicyclic) bond motifs is 1. The fourth-order valence-corrected chi connectivity index (χ4v) is 6.29. The number of ether oxygens (including phenoxy) is 3. The molecule has 5 rings (SSSR count). The Bertz CT molecular complexity index is 2050. The van der Waals surface area contributed by atoms with E-state index < -0.39 is 47.2 Å². The third kappa shape index (κ3) is 6.23. The Morgan fingerprint density at radius 1 is 1.26 bits per heavy atom. The molecule has 14 heteroatoms. The average molecular weight is 650 g/mol. The number of terminal acetylenes is 1. The van der Waals surface area contributed by atoms with Crippen LogP contribution < -0.4 is 16.0 Å². The van der Waals surface area contributed by atoms with Crippen molar-refractivity contribution in [2.24, 2.45) is 0 Å². The molecule has 0 spiro atoms. The molecule has 4 heterocycles. The maximum Gasteiger partial charge on any atom is 0.519 e. The van der Waals surface area contributed by atoms with Crippen molar-refractivity contribution < 1.29 is 37.0 Å². The molecule has 3 atom stereocenters. The molecule has 0 amide bonds. The molecule has 0 aliphatic carbocycles. The van der Waals surface area contributed by atoms with Crippen molar-refractivity contribution in [2.45, 2.75) is 97.6 Å². The van der Waals surface area contributed by atoms with Gasteiger partial charge in [0, 0.05) is 24.3 Å². The van der Waals surface area contributed by atoms with Crippen molar-refractivity contribution in [1.82, 2.24) is 19.1 Å². The molecule has 1 fully saturated rings. The second-order valence-electron chi connectivity index (χ2n) is 12.4. The molecule has 0 radical (unpaired) electrons. The Morgan fingerprint density at radius 2 is 1.98 bits per heavy atom. The Labute approximate surface area is 269 Å². The summed E-state index contributed by atoms with van der Waals surface area (Å²) in [6.07, 6.45) is 4.88. The van der Waals surface area contributed by atoms with Gasteiger partial charge < -0.3 is 23.0 Å². The van der Waals surface area contributed by atoms with Gasteiger partial charge in [0.25, 0.3) is 6.08 Å². The molecule has 1 aliphatic heterocycles. The molecule has 0 bridgehead atoms. The lowest BCUT2D eigenvalue weighted by molar-refractivity contribution is -0.157. The van der Waals surface area contributed by atoms with Crippen LogP contribution in [0.2, 0.25) is 0 Å². The summed E-state index contributed by atoms with van der Waals surface area (Å²) < 4.78 is 45.3. The predicted octanol–water partition coefficient (Wildman–Crippen LogP) is 4.28. The zero-order valence-electron chi connectivity index (χ0n) is 27.2.